The molecule has 17 heavy (non-hydrogen) atoms. The third-order valence-electron chi connectivity index (χ3n) is 2.23. The van der Waals surface area contributed by atoms with Crippen LogP contribution in [0.2, 0.25) is 5.15 Å². The second-order valence-corrected chi connectivity index (χ2v) is 4.09. The summed E-state index contributed by atoms with van der Waals surface area (Å²) in [7, 11) is 0. The quantitative estimate of drug-likeness (QED) is 0.607. The normalized spacial score (nSPS) is 10.1. The van der Waals surface area contributed by atoms with Crippen molar-refractivity contribution in [2.45, 2.75) is 26.7 Å². The maximum absolute atomic E-state index is 11.8. The van der Waals surface area contributed by atoms with E-state index in [1.54, 1.807) is 12.1 Å². The molecule has 1 aromatic rings. The summed E-state index contributed by atoms with van der Waals surface area (Å²) in [4.78, 5) is 15.9. The van der Waals surface area contributed by atoms with Crippen LogP contribution in [0.5, 0.6) is 0 Å². The molecule has 0 fully saturated rings. The summed E-state index contributed by atoms with van der Waals surface area (Å²) in [5.41, 5.74) is 0.539. The molecule has 1 aromatic heterocycles. The standard InChI is InChI=1S/C12H18ClN3O/c1-3-5-6-15-12(17)9-7-10(13)16-11(8-9)14-4-2/h7-8H,3-6H2,1-2H3,(H,14,16)(H,15,17). The maximum atomic E-state index is 11.8. The SMILES string of the molecule is CCCCNC(=O)c1cc(Cl)nc(NCC)c1. The van der Waals surface area contributed by atoms with Crippen LogP contribution in [0.1, 0.15) is 37.0 Å². The van der Waals surface area contributed by atoms with Crippen molar-refractivity contribution in [3.05, 3.63) is 22.8 Å². The number of anilines is 1. The summed E-state index contributed by atoms with van der Waals surface area (Å²) in [5, 5.41) is 6.20. The van der Waals surface area contributed by atoms with Gasteiger partial charge in [-0.25, -0.2) is 4.98 Å². The van der Waals surface area contributed by atoms with Gasteiger partial charge in [-0.2, -0.15) is 0 Å². The van der Waals surface area contributed by atoms with Gasteiger partial charge in [-0.3, -0.25) is 4.79 Å². The van der Waals surface area contributed by atoms with Crippen LogP contribution in [0.4, 0.5) is 5.82 Å². The number of unbranched alkanes of at least 4 members (excludes halogenated alkanes) is 1. The van der Waals surface area contributed by atoms with Gasteiger partial charge in [0.2, 0.25) is 0 Å². The number of pyridine rings is 1. The number of nitrogens with one attached hydrogen (secondary N) is 2. The highest BCUT2D eigenvalue weighted by atomic mass is 35.5. The van der Waals surface area contributed by atoms with Gasteiger partial charge in [0.05, 0.1) is 0 Å². The van der Waals surface area contributed by atoms with Gasteiger partial charge in [0.1, 0.15) is 11.0 Å². The van der Waals surface area contributed by atoms with Crippen molar-refractivity contribution in [3.8, 4) is 0 Å². The Balaban J connectivity index is 2.71. The summed E-state index contributed by atoms with van der Waals surface area (Å²) >= 11 is 5.86. The first-order chi connectivity index (χ1) is 8.17. The van der Waals surface area contributed by atoms with Crippen LogP contribution in [-0.4, -0.2) is 24.0 Å². The van der Waals surface area contributed by atoms with Gasteiger partial charge < -0.3 is 10.6 Å². The van der Waals surface area contributed by atoms with Crippen molar-refractivity contribution in [2.24, 2.45) is 0 Å². The molecular formula is C12H18ClN3O. The molecule has 5 heteroatoms. The molecule has 0 atom stereocenters. The summed E-state index contributed by atoms with van der Waals surface area (Å²) < 4.78 is 0. The fourth-order valence-electron chi connectivity index (χ4n) is 1.38. The molecule has 0 spiro atoms. The minimum atomic E-state index is -0.109. The van der Waals surface area contributed by atoms with E-state index in [-0.39, 0.29) is 5.91 Å². The summed E-state index contributed by atoms with van der Waals surface area (Å²) in [6, 6.07) is 3.28. The first-order valence-electron chi connectivity index (χ1n) is 5.87. The van der Waals surface area contributed by atoms with Crippen molar-refractivity contribution in [1.82, 2.24) is 10.3 Å². The van der Waals surface area contributed by atoms with Crippen LogP contribution >= 0.6 is 11.6 Å². The Morgan fingerprint density at radius 3 is 2.82 bits per heavy atom. The van der Waals surface area contributed by atoms with Gasteiger partial charge in [-0.05, 0) is 25.5 Å². The highest BCUT2D eigenvalue weighted by Gasteiger charge is 2.08. The molecule has 94 valence electrons. The molecule has 0 bridgehead atoms. The lowest BCUT2D eigenvalue weighted by Gasteiger charge is -2.07. The van der Waals surface area contributed by atoms with E-state index in [2.05, 4.69) is 22.5 Å². The Hall–Kier alpha value is -1.29. The summed E-state index contributed by atoms with van der Waals surface area (Å²) in [6.45, 7) is 5.47. The van der Waals surface area contributed by atoms with E-state index in [9.17, 15) is 4.79 Å². The van der Waals surface area contributed by atoms with Gasteiger partial charge in [0.15, 0.2) is 0 Å². The number of amides is 1. The van der Waals surface area contributed by atoms with Crippen LogP contribution in [0, 0.1) is 0 Å². The molecular weight excluding hydrogens is 238 g/mol. The molecule has 0 aliphatic heterocycles. The van der Waals surface area contributed by atoms with Gasteiger partial charge in [-0.15, -0.1) is 0 Å². The zero-order valence-electron chi connectivity index (χ0n) is 10.2. The predicted octanol–water partition coefficient (Wildman–Crippen LogP) is 2.70. The Labute approximate surface area is 107 Å². The fraction of sp³-hybridized carbons (Fsp3) is 0.500. The van der Waals surface area contributed by atoms with Gasteiger partial charge >= 0.3 is 0 Å². The van der Waals surface area contributed by atoms with Crippen LogP contribution in [0.25, 0.3) is 0 Å². The number of hydrogen-bond acceptors (Lipinski definition) is 3. The molecule has 1 rings (SSSR count). The molecule has 4 nitrogen and oxygen atoms in total. The van der Waals surface area contributed by atoms with Crippen LogP contribution < -0.4 is 10.6 Å². The zero-order valence-corrected chi connectivity index (χ0v) is 11.0. The minimum Gasteiger partial charge on any atom is -0.370 e. The van der Waals surface area contributed by atoms with E-state index in [1.807, 2.05) is 6.92 Å². The fourth-order valence-corrected chi connectivity index (χ4v) is 1.59. The highest BCUT2D eigenvalue weighted by molar-refractivity contribution is 6.29. The van der Waals surface area contributed by atoms with Gasteiger partial charge in [-0.1, -0.05) is 24.9 Å². The second kappa shape index (κ2) is 7.12. The number of carbonyl (C=O) groups excluding carboxylic acids is 1. The van der Waals surface area contributed by atoms with Crippen molar-refractivity contribution in [1.29, 1.82) is 0 Å². The molecule has 1 amide bonds. The van der Waals surface area contributed by atoms with Crippen molar-refractivity contribution >= 4 is 23.3 Å². The average molecular weight is 256 g/mol. The van der Waals surface area contributed by atoms with Crippen molar-refractivity contribution in [2.75, 3.05) is 18.4 Å². The number of carbonyl (C=O) groups is 1. The molecule has 0 aliphatic rings. The molecule has 0 saturated heterocycles. The smallest absolute Gasteiger partial charge is 0.251 e. The topological polar surface area (TPSA) is 54.0 Å². The lowest BCUT2D eigenvalue weighted by molar-refractivity contribution is 0.0953. The van der Waals surface area contributed by atoms with E-state index in [0.29, 0.717) is 23.1 Å². The zero-order chi connectivity index (χ0) is 12.7. The second-order valence-electron chi connectivity index (χ2n) is 3.70. The van der Waals surface area contributed by atoms with E-state index in [0.717, 1.165) is 19.4 Å². The Morgan fingerprint density at radius 1 is 1.41 bits per heavy atom. The molecule has 0 saturated carbocycles. The predicted molar refractivity (Wildman–Crippen MR) is 70.7 cm³/mol. The van der Waals surface area contributed by atoms with E-state index in [4.69, 9.17) is 11.6 Å². The monoisotopic (exact) mass is 255 g/mol. The van der Waals surface area contributed by atoms with E-state index < -0.39 is 0 Å². The molecule has 0 aliphatic carbocycles. The van der Waals surface area contributed by atoms with Gasteiger partial charge in [0, 0.05) is 18.7 Å². The third-order valence-corrected chi connectivity index (χ3v) is 2.42. The molecule has 0 radical (unpaired) electrons. The number of hydrogen-bond donors (Lipinski definition) is 2. The van der Waals surface area contributed by atoms with Crippen LogP contribution in [-0.2, 0) is 0 Å². The van der Waals surface area contributed by atoms with E-state index >= 15 is 0 Å². The summed E-state index contributed by atoms with van der Waals surface area (Å²) in [6.07, 6.45) is 2.03. The Bertz CT molecular complexity index is 382. The highest BCUT2D eigenvalue weighted by Crippen LogP contribution is 2.14. The summed E-state index contributed by atoms with van der Waals surface area (Å²) in [5.74, 6) is 0.516. The van der Waals surface area contributed by atoms with Crippen LogP contribution in [0.3, 0.4) is 0 Å². The van der Waals surface area contributed by atoms with E-state index in [1.165, 1.54) is 0 Å². The first-order valence-corrected chi connectivity index (χ1v) is 6.24. The van der Waals surface area contributed by atoms with Gasteiger partial charge in [0.25, 0.3) is 5.91 Å². The number of halogens is 1. The van der Waals surface area contributed by atoms with Crippen molar-refractivity contribution < 1.29 is 4.79 Å². The first kappa shape index (κ1) is 13.8. The number of rotatable bonds is 6. The Morgan fingerprint density at radius 2 is 2.18 bits per heavy atom. The number of nitrogens with zero attached hydrogens (tertiary/aromatic N) is 1. The maximum Gasteiger partial charge on any atom is 0.251 e. The molecule has 1 heterocycles. The molecule has 0 unspecified atom stereocenters. The lowest BCUT2D eigenvalue weighted by atomic mass is 10.2. The Kier molecular flexibility index (Phi) is 5.77. The van der Waals surface area contributed by atoms with Crippen LogP contribution in [0.15, 0.2) is 12.1 Å². The lowest BCUT2D eigenvalue weighted by Crippen LogP contribution is -2.24. The molecule has 2 N–H and O–H groups in total. The minimum absolute atomic E-state index is 0.109. The third kappa shape index (κ3) is 4.61. The number of aromatic nitrogens is 1. The largest absolute Gasteiger partial charge is 0.370 e. The van der Waals surface area contributed by atoms with Crippen molar-refractivity contribution in [3.63, 3.8) is 0 Å². The molecule has 0 aromatic carbocycles. The average Bonchev–Trinajstić information content (AvgIpc) is 2.29.